The normalized spacial score (nSPS) is 13.5. The summed E-state index contributed by atoms with van der Waals surface area (Å²) in [7, 11) is 0. The van der Waals surface area contributed by atoms with E-state index in [1.807, 2.05) is 0 Å². The molecule has 0 aliphatic heterocycles. The summed E-state index contributed by atoms with van der Waals surface area (Å²) in [6, 6.07) is 8.25. The van der Waals surface area contributed by atoms with E-state index in [2.05, 4.69) is 0 Å². The fraction of sp³-hybridized carbons (Fsp3) is 0.286. The Morgan fingerprint density at radius 3 is 2.27 bits per heavy atom. The molecule has 0 saturated heterocycles. The molecule has 1 amide bonds. The second-order valence-electron chi connectivity index (χ2n) is 6.81. The Balaban J connectivity index is 2.26. The number of hydrogen-bond acceptors (Lipinski definition) is 1. The number of hydrogen-bond donors (Lipinski definition) is 1. The van der Waals surface area contributed by atoms with Gasteiger partial charge in [-0.3, -0.25) is 4.79 Å². The molecular formula is C21H18ClF6NO. The first-order valence-electron chi connectivity index (χ1n) is 8.74. The molecule has 0 aliphatic rings. The van der Waals surface area contributed by atoms with Crippen molar-refractivity contribution in [2.24, 2.45) is 0 Å². The average molecular weight is 450 g/mol. The van der Waals surface area contributed by atoms with E-state index in [9.17, 15) is 31.1 Å². The van der Waals surface area contributed by atoms with Gasteiger partial charge < -0.3 is 5.32 Å². The third-order valence-electron chi connectivity index (χ3n) is 4.20. The molecule has 0 bridgehead atoms. The summed E-state index contributed by atoms with van der Waals surface area (Å²) in [4.78, 5) is 11.9. The Labute approximate surface area is 174 Å². The molecule has 0 radical (unpaired) electrons. The minimum Gasteiger partial charge on any atom is -0.343 e. The maximum Gasteiger partial charge on any atom is 0.405 e. The van der Waals surface area contributed by atoms with E-state index >= 15 is 0 Å². The number of alkyl halides is 6. The van der Waals surface area contributed by atoms with E-state index in [0.717, 1.165) is 6.08 Å². The fourth-order valence-corrected chi connectivity index (χ4v) is 3.18. The highest BCUT2D eigenvalue weighted by Crippen LogP contribution is 2.37. The summed E-state index contributed by atoms with van der Waals surface area (Å²) in [6.45, 7) is 1.65. The Hall–Kier alpha value is -2.48. The quantitative estimate of drug-likeness (QED) is 0.511. The lowest BCUT2D eigenvalue weighted by atomic mass is 9.95. The van der Waals surface area contributed by atoms with Gasteiger partial charge in [-0.15, -0.1) is 0 Å². The molecule has 1 N–H and O–H groups in total. The van der Waals surface area contributed by atoms with Crippen LogP contribution in [-0.2, 0) is 0 Å². The Morgan fingerprint density at radius 2 is 1.73 bits per heavy atom. The molecule has 30 heavy (non-hydrogen) atoms. The Bertz CT molecular complexity index is 929. The number of carbonyl (C=O) groups excluding carboxylic acids is 1. The van der Waals surface area contributed by atoms with Crippen molar-refractivity contribution < 1.29 is 31.1 Å². The third kappa shape index (κ3) is 6.79. The number of benzene rings is 2. The highest BCUT2D eigenvalue weighted by molar-refractivity contribution is 6.30. The number of carbonyl (C=O) groups is 1. The second kappa shape index (κ2) is 9.12. The van der Waals surface area contributed by atoms with Gasteiger partial charge in [0.2, 0.25) is 0 Å². The van der Waals surface area contributed by atoms with Crippen molar-refractivity contribution in [1.82, 2.24) is 5.32 Å². The predicted molar refractivity (Wildman–Crippen MR) is 104 cm³/mol. The molecular weight excluding hydrogens is 432 g/mol. The van der Waals surface area contributed by atoms with Crippen LogP contribution in [0.2, 0.25) is 5.02 Å². The molecule has 0 heterocycles. The maximum absolute atomic E-state index is 13.6. The van der Waals surface area contributed by atoms with Crippen molar-refractivity contribution in [3.05, 3.63) is 75.3 Å². The van der Waals surface area contributed by atoms with Crippen molar-refractivity contribution >= 4 is 23.6 Å². The van der Waals surface area contributed by atoms with Crippen LogP contribution in [0.5, 0.6) is 0 Å². The van der Waals surface area contributed by atoms with E-state index in [4.69, 9.17) is 11.6 Å². The monoisotopic (exact) mass is 449 g/mol. The van der Waals surface area contributed by atoms with Gasteiger partial charge in [0.15, 0.2) is 0 Å². The summed E-state index contributed by atoms with van der Waals surface area (Å²) in [5, 5.41) is 1.95. The lowest BCUT2D eigenvalue weighted by Gasteiger charge is -2.18. The average Bonchev–Trinajstić information content (AvgIpc) is 2.57. The molecule has 9 heteroatoms. The van der Waals surface area contributed by atoms with E-state index in [1.165, 1.54) is 43.3 Å². The molecule has 0 spiro atoms. The highest BCUT2D eigenvalue weighted by Gasteiger charge is 2.39. The summed E-state index contributed by atoms with van der Waals surface area (Å²) in [5.74, 6) is -2.81. The van der Waals surface area contributed by atoms with Crippen LogP contribution in [0.3, 0.4) is 0 Å². The van der Waals surface area contributed by atoms with Crippen LogP contribution in [-0.4, -0.2) is 24.8 Å². The molecule has 0 aromatic heterocycles. The summed E-state index contributed by atoms with van der Waals surface area (Å²) >= 11 is 5.88. The van der Waals surface area contributed by atoms with Gasteiger partial charge in [-0.2, -0.15) is 26.3 Å². The number of allylic oxidation sites excluding steroid dienone is 1. The first kappa shape index (κ1) is 23.8. The first-order valence-corrected chi connectivity index (χ1v) is 9.11. The predicted octanol–water partition coefficient (Wildman–Crippen LogP) is 6.61. The molecule has 162 valence electrons. The van der Waals surface area contributed by atoms with Gasteiger partial charge >= 0.3 is 12.4 Å². The lowest BCUT2D eigenvalue weighted by Crippen LogP contribution is -2.34. The lowest BCUT2D eigenvalue weighted by molar-refractivity contribution is -0.139. The molecule has 1 atom stereocenters. The van der Waals surface area contributed by atoms with Crippen molar-refractivity contribution in [3.8, 4) is 0 Å². The van der Waals surface area contributed by atoms with Gasteiger partial charge in [0, 0.05) is 10.6 Å². The van der Waals surface area contributed by atoms with Crippen molar-refractivity contribution in [1.29, 1.82) is 0 Å². The Morgan fingerprint density at radius 1 is 1.07 bits per heavy atom. The van der Waals surface area contributed by atoms with Gasteiger partial charge in [-0.25, -0.2) is 0 Å². The van der Waals surface area contributed by atoms with E-state index in [1.54, 1.807) is 18.3 Å². The van der Waals surface area contributed by atoms with Gasteiger partial charge in [0.1, 0.15) is 6.54 Å². The number of halogens is 7. The number of nitrogens with one attached hydrogen (secondary N) is 1. The van der Waals surface area contributed by atoms with E-state index < -0.39 is 30.7 Å². The topological polar surface area (TPSA) is 29.1 Å². The molecule has 2 aromatic rings. The van der Waals surface area contributed by atoms with Gasteiger partial charge in [0.05, 0.1) is 5.92 Å². The van der Waals surface area contributed by atoms with Crippen LogP contribution >= 0.6 is 11.6 Å². The Kier molecular flexibility index (Phi) is 7.23. The van der Waals surface area contributed by atoms with Gasteiger partial charge in [-0.05, 0) is 54.3 Å². The molecule has 0 aliphatic carbocycles. The van der Waals surface area contributed by atoms with Gasteiger partial charge in [0.25, 0.3) is 5.91 Å². The van der Waals surface area contributed by atoms with Crippen LogP contribution in [0.1, 0.15) is 38.5 Å². The minimum absolute atomic E-state index is 0.00855. The molecule has 0 fully saturated rings. The standard InChI is InChI=1S/C21H18ClF6NO/c1-12-7-15(10-16(22)8-12)18(21(26,27)28)6-4-14-3-5-17(13(2)9-14)19(30)29-11-20(23,24)25/h3-10,18H,11H2,1-2H3,(H,29,30)/b6-4+. The van der Waals surface area contributed by atoms with Crippen molar-refractivity contribution in [2.45, 2.75) is 32.1 Å². The van der Waals surface area contributed by atoms with Crippen LogP contribution in [0.25, 0.3) is 6.08 Å². The van der Waals surface area contributed by atoms with Crippen LogP contribution in [0.4, 0.5) is 26.3 Å². The SMILES string of the molecule is Cc1cc(Cl)cc(C(/C=C/c2ccc(C(=O)NCC(F)(F)F)c(C)c2)C(F)(F)F)c1. The second-order valence-corrected chi connectivity index (χ2v) is 7.25. The maximum atomic E-state index is 13.6. The zero-order valence-electron chi connectivity index (χ0n) is 16.0. The minimum atomic E-state index is -4.56. The summed E-state index contributed by atoms with van der Waals surface area (Å²) in [6.07, 6.45) is -6.88. The summed E-state index contributed by atoms with van der Waals surface area (Å²) in [5.41, 5.74) is 1.29. The van der Waals surface area contributed by atoms with Crippen LogP contribution in [0.15, 0.2) is 42.5 Å². The largest absolute Gasteiger partial charge is 0.405 e. The number of rotatable bonds is 5. The van der Waals surface area contributed by atoms with E-state index in [0.29, 0.717) is 16.7 Å². The summed E-state index contributed by atoms with van der Waals surface area (Å²) < 4.78 is 77.4. The molecule has 2 aromatic carbocycles. The smallest absolute Gasteiger partial charge is 0.343 e. The molecule has 2 rings (SSSR count). The molecule has 0 saturated carbocycles. The fourth-order valence-electron chi connectivity index (χ4n) is 2.88. The highest BCUT2D eigenvalue weighted by atomic mass is 35.5. The number of aryl methyl sites for hydroxylation is 2. The first-order chi connectivity index (χ1) is 13.8. The van der Waals surface area contributed by atoms with Crippen LogP contribution in [0, 0.1) is 13.8 Å². The van der Waals surface area contributed by atoms with Gasteiger partial charge in [-0.1, -0.05) is 42.0 Å². The van der Waals surface area contributed by atoms with E-state index in [-0.39, 0.29) is 16.1 Å². The van der Waals surface area contributed by atoms with Crippen molar-refractivity contribution in [3.63, 3.8) is 0 Å². The zero-order chi connectivity index (χ0) is 22.7. The third-order valence-corrected chi connectivity index (χ3v) is 4.42. The zero-order valence-corrected chi connectivity index (χ0v) is 16.7. The molecule has 1 unspecified atom stereocenters. The van der Waals surface area contributed by atoms with Crippen LogP contribution < -0.4 is 5.32 Å². The van der Waals surface area contributed by atoms with Crippen molar-refractivity contribution in [2.75, 3.05) is 6.54 Å². The number of amides is 1. The molecule has 2 nitrogen and oxygen atoms in total.